The molecule has 0 spiro atoms. The average molecular weight is 267 g/mol. The number of aromatic amines is 1. The Kier molecular flexibility index (Phi) is 3.25. The Hall–Kier alpha value is -2.01. The van der Waals surface area contributed by atoms with Crippen molar-refractivity contribution in [3.63, 3.8) is 0 Å². The molecule has 1 N–H and O–H groups in total. The minimum atomic E-state index is -0.569. The highest BCUT2D eigenvalue weighted by Gasteiger charge is 2.10. The van der Waals surface area contributed by atoms with Crippen LogP contribution < -0.4 is 16.0 Å². The smallest absolute Gasteiger partial charge is 0.334 e. The molecule has 2 aromatic rings. The van der Waals surface area contributed by atoms with Gasteiger partial charge in [-0.05, 0) is 31.2 Å². The number of hydrogen-bond donors (Lipinski definition) is 1. The van der Waals surface area contributed by atoms with Crippen LogP contribution in [0.4, 0.5) is 0 Å². The van der Waals surface area contributed by atoms with Gasteiger partial charge in [0.05, 0.1) is 18.4 Å². The van der Waals surface area contributed by atoms with E-state index in [4.69, 9.17) is 16.3 Å². The first-order valence-corrected chi connectivity index (χ1v) is 5.58. The zero-order valence-electron chi connectivity index (χ0n) is 9.86. The van der Waals surface area contributed by atoms with Gasteiger partial charge >= 0.3 is 5.69 Å². The second-order valence-corrected chi connectivity index (χ2v) is 4.09. The first-order chi connectivity index (χ1) is 8.54. The fraction of sp³-hybridized carbons (Fsp3) is 0.167. The van der Waals surface area contributed by atoms with Crippen LogP contribution in [-0.4, -0.2) is 16.7 Å². The second-order valence-electron chi connectivity index (χ2n) is 3.71. The van der Waals surface area contributed by atoms with Gasteiger partial charge in [-0.1, -0.05) is 11.6 Å². The number of hydrogen-bond acceptors (Lipinski definition) is 3. The molecule has 0 amide bonds. The lowest BCUT2D eigenvalue weighted by Gasteiger charge is -2.07. The van der Waals surface area contributed by atoms with E-state index >= 15 is 0 Å². The van der Waals surface area contributed by atoms with E-state index in [2.05, 4.69) is 4.98 Å². The number of H-pyrrole nitrogens is 1. The van der Waals surface area contributed by atoms with Crippen molar-refractivity contribution in [3.8, 4) is 11.4 Å². The summed E-state index contributed by atoms with van der Waals surface area (Å²) in [6.45, 7) is 1.56. The summed E-state index contributed by atoms with van der Waals surface area (Å²) >= 11 is 5.74. The van der Waals surface area contributed by atoms with Crippen LogP contribution in [0.3, 0.4) is 0 Å². The van der Waals surface area contributed by atoms with Crippen molar-refractivity contribution in [1.82, 2.24) is 9.55 Å². The molecule has 0 radical (unpaired) electrons. The molecule has 0 fully saturated rings. The predicted octanol–water partition coefficient (Wildman–Crippen LogP) is 1.50. The molecule has 6 heteroatoms. The molecule has 0 aliphatic rings. The summed E-state index contributed by atoms with van der Waals surface area (Å²) in [4.78, 5) is 26.2. The Morgan fingerprint density at radius 2 is 1.83 bits per heavy atom. The molecule has 0 aliphatic carbocycles. The Morgan fingerprint density at radius 1 is 1.22 bits per heavy atom. The fourth-order valence-electron chi connectivity index (χ4n) is 1.56. The van der Waals surface area contributed by atoms with Crippen LogP contribution in [-0.2, 0) is 0 Å². The van der Waals surface area contributed by atoms with Crippen LogP contribution in [0.15, 0.2) is 33.9 Å². The van der Waals surface area contributed by atoms with E-state index < -0.39 is 11.2 Å². The Balaban J connectivity index is 2.67. The number of aromatic nitrogens is 2. The van der Waals surface area contributed by atoms with Gasteiger partial charge in [0.25, 0.3) is 5.56 Å². The number of rotatable bonds is 2. The Bertz CT molecular complexity index is 686. The van der Waals surface area contributed by atoms with Gasteiger partial charge in [-0.3, -0.25) is 9.78 Å². The molecule has 0 saturated carbocycles. The topological polar surface area (TPSA) is 64.1 Å². The molecular formula is C12H11ClN2O3. The molecule has 0 bridgehead atoms. The van der Waals surface area contributed by atoms with Gasteiger partial charge in [0.2, 0.25) is 0 Å². The SMILES string of the molecule is COc1ccc(-n2c(=O)[nH]c(Cl)c(C)c2=O)cc1. The minimum absolute atomic E-state index is 0.0646. The standard InChI is InChI=1S/C12H11ClN2O3/c1-7-10(13)14-12(17)15(11(7)16)8-3-5-9(18-2)6-4-8/h3-6H,1-2H3,(H,14,17). The highest BCUT2D eigenvalue weighted by Crippen LogP contribution is 2.13. The van der Waals surface area contributed by atoms with Crippen molar-refractivity contribution < 1.29 is 4.74 Å². The third-order valence-electron chi connectivity index (χ3n) is 2.60. The van der Waals surface area contributed by atoms with E-state index in [0.29, 0.717) is 17.0 Å². The lowest BCUT2D eigenvalue weighted by atomic mass is 10.3. The molecule has 1 aromatic carbocycles. The van der Waals surface area contributed by atoms with Gasteiger partial charge in [-0.15, -0.1) is 0 Å². The van der Waals surface area contributed by atoms with Crippen LogP contribution in [0.25, 0.3) is 5.69 Å². The van der Waals surface area contributed by atoms with Crippen LogP contribution in [0.2, 0.25) is 5.15 Å². The fourth-order valence-corrected chi connectivity index (χ4v) is 1.72. The maximum absolute atomic E-state index is 12.0. The first kappa shape index (κ1) is 12.4. The maximum atomic E-state index is 12.0. The van der Waals surface area contributed by atoms with E-state index in [1.54, 1.807) is 38.3 Å². The Morgan fingerprint density at radius 3 is 2.39 bits per heavy atom. The summed E-state index contributed by atoms with van der Waals surface area (Å²) < 4.78 is 6.04. The third kappa shape index (κ3) is 2.04. The summed E-state index contributed by atoms with van der Waals surface area (Å²) in [6.07, 6.45) is 0. The van der Waals surface area contributed by atoms with Gasteiger partial charge in [-0.2, -0.15) is 0 Å². The zero-order valence-corrected chi connectivity index (χ0v) is 10.6. The molecular weight excluding hydrogens is 256 g/mol. The van der Waals surface area contributed by atoms with E-state index in [-0.39, 0.29) is 5.15 Å². The quantitative estimate of drug-likeness (QED) is 0.838. The van der Waals surface area contributed by atoms with Gasteiger partial charge in [0, 0.05) is 0 Å². The number of nitrogens with one attached hydrogen (secondary N) is 1. The number of methoxy groups -OCH3 is 1. The summed E-state index contributed by atoms with van der Waals surface area (Å²) in [5, 5.41) is 0.0646. The summed E-state index contributed by atoms with van der Waals surface area (Å²) in [5.74, 6) is 0.647. The summed E-state index contributed by atoms with van der Waals surface area (Å²) in [7, 11) is 1.54. The number of nitrogens with zero attached hydrogens (tertiary/aromatic N) is 1. The number of ether oxygens (including phenoxy) is 1. The molecule has 0 unspecified atom stereocenters. The molecule has 94 valence electrons. The van der Waals surface area contributed by atoms with Crippen molar-refractivity contribution in [1.29, 1.82) is 0 Å². The summed E-state index contributed by atoms with van der Waals surface area (Å²) in [5.41, 5.74) is -0.247. The van der Waals surface area contributed by atoms with E-state index in [9.17, 15) is 9.59 Å². The van der Waals surface area contributed by atoms with Crippen LogP contribution >= 0.6 is 11.6 Å². The van der Waals surface area contributed by atoms with Gasteiger partial charge in [-0.25, -0.2) is 9.36 Å². The normalized spacial score (nSPS) is 10.4. The predicted molar refractivity (Wildman–Crippen MR) is 69.0 cm³/mol. The molecule has 1 heterocycles. The lowest BCUT2D eigenvalue weighted by Crippen LogP contribution is -2.35. The number of halogens is 1. The molecule has 2 rings (SSSR count). The van der Waals surface area contributed by atoms with Gasteiger partial charge < -0.3 is 4.74 Å². The van der Waals surface area contributed by atoms with E-state index in [1.165, 1.54) is 0 Å². The highest BCUT2D eigenvalue weighted by atomic mass is 35.5. The molecule has 5 nitrogen and oxygen atoms in total. The maximum Gasteiger partial charge on any atom is 0.334 e. The molecule has 0 atom stereocenters. The zero-order chi connectivity index (χ0) is 13.3. The first-order valence-electron chi connectivity index (χ1n) is 5.20. The minimum Gasteiger partial charge on any atom is -0.497 e. The van der Waals surface area contributed by atoms with Crippen molar-refractivity contribution in [2.24, 2.45) is 0 Å². The largest absolute Gasteiger partial charge is 0.497 e. The van der Waals surface area contributed by atoms with Crippen LogP contribution in [0.1, 0.15) is 5.56 Å². The van der Waals surface area contributed by atoms with Gasteiger partial charge in [0.1, 0.15) is 10.9 Å². The van der Waals surface area contributed by atoms with E-state index in [0.717, 1.165) is 4.57 Å². The third-order valence-corrected chi connectivity index (χ3v) is 2.98. The van der Waals surface area contributed by atoms with Crippen molar-refractivity contribution in [3.05, 3.63) is 55.8 Å². The van der Waals surface area contributed by atoms with Crippen molar-refractivity contribution in [2.75, 3.05) is 7.11 Å². The summed E-state index contributed by atoms with van der Waals surface area (Å²) in [6, 6.07) is 6.60. The number of benzene rings is 1. The average Bonchev–Trinajstić information content (AvgIpc) is 2.37. The molecule has 0 aliphatic heterocycles. The van der Waals surface area contributed by atoms with Crippen molar-refractivity contribution >= 4 is 11.6 Å². The highest BCUT2D eigenvalue weighted by molar-refractivity contribution is 6.30. The Labute approximate surface area is 108 Å². The monoisotopic (exact) mass is 266 g/mol. The molecule has 1 aromatic heterocycles. The van der Waals surface area contributed by atoms with Gasteiger partial charge in [0.15, 0.2) is 0 Å². The van der Waals surface area contributed by atoms with Crippen molar-refractivity contribution in [2.45, 2.75) is 6.92 Å². The van der Waals surface area contributed by atoms with Crippen LogP contribution in [0.5, 0.6) is 5.75 Å². The lowest BCUT2D eigenvalue weighted by molar-refractivity contribution is 0.414. The molecule has 0 saturated heterocycles. The molecule has 18 heavy (non-hydrogen) atoms. The second kappa shape index (κ2) is 4.70. The van der Waals surface area contributed by atoms with Crippen LogP contribution in [0, 0.1) is 6.92 Å². The van der Waals surface area contributed by atoms with E-state index in [1.807, 2.05) is 0 Å².